The minimum absolute atomic E-state index is 0.0267. The molecule has 0 aromatic rings. The molecule has 0 spiro atoms. The van der Waals surface area contributed by atoms with Crippen molar-refractivity contribution in [1.29, 1.82) is 0 Å². The number of hydrogen-bond donors (Lipinski definition) is 2. The van der Waals surface area contributed by atoms with Gasteiger partial charge in [-0.3, -0.25) is 4.79 Å². The lowest BCUT2D eigenvalue weighted by Crippen LogP contribution is -2.36. The quantitative estimate of drug-likeness (QED) is 0.359. The molecule has 0 bridgehead atoms. The molecule has 30 heavy (non-hydrogen) atoms. The fourth-order valence-corrected chi connectivity index (χ4v) is 3.24. The third-order valence-corrected chi connectivity index (χ3v) is 5.13. The summed E-state index contributed by atoms with van der Waals surface area (Å²) >= 11 is 0. The molecule has 0 aromatic heterocycles. The van der Waals surface area contributed by atoms with Crippen LogP contribution in [-0.2, 0) is 9.53 Å². The van der Waals surface area contributed by atoms with Gasteiger partial charge in [-0.05, 0) is 63.6 Å². The molecule has 0 fully saturated rings. The lowest BCUT2D eigenvalue weighted by molar-refractivity contribution is -0.118. The lowest BCUT2D eigenvalue weighted by atomic mass is 9.83. The molecule has 2 N–H and O–H groups in total. The van der Waals surface area contributed by atoms with Gasteiger partial charge in [-0.2, -0.15) is 0 Å². The molecule has 0 radical (unpaired) electrons. The maximum absolute atomic E-state index is 11.2. The highest BCUT2D eigenvalue weighted by atomic mass is 16.5. The Morgan fingerprint density at radius 2 is 2.07 bits per heavy atom. The molecule has 1 atom stereocenters. The van der Waals surface area contributed by atoms with E-state index in [1.807, 2.05) is 51.3 Å². The Kier molecular flexibility index (Phi) is 10.9. The molecular formula is C26H38N2O2. The van der Waals surface area contributed by atoms with Crippen LogP contribution in [0.1, 0.15) is 47.0 Å². The molecule has 1 rings (SSSR count). The van der Waals surface area contributed by atoms with Crippen molar-refractivity contribution in [3.8, 4) is 0 Å². The first-order chi connectivity index (χ1) is 14.3. The van der Waals surface area contributed by atoms with Crippen molar-refractivity contribution in [1.82, 2.24) is 10.6 Å². The Morgan fingerprint density at radius 3 is 2.63 bits per heavy atom. The van der Waals surface area contributed by atoms with Gasteiger partial charge in [0.15, 0.2) is 0 Å². The van der Waals surface area contributed by atoms with Crippen LogP contribution in [0, 0.1) is 0 Å². The van der Waals surface area contributed by atoms with Crippen molar-refractivity contribution in [3.05, 3.63) is 83.7 Å². The first kappa shape index (κ1) is 25.4. The normalized spacial score (nSPS) is 21.6. The summed E-state index contributed by atoms with van der Waals surface area (Å²) < 4.78 is 6.47. The Bertz CT molecular complexity index is 781. The Labute approximate surface area is 182 Å². The maximum atomic E-state index is 11.2. The molecule has 4 heteroatoms. The van der Waals surface area contributed by atoms with E-state index in [0.717, 1.165) is 53.9 Å². The number of amides is 1. The molecule has 1 amide bonds. The molecule has 0 saturated carbocycles. The van der Waals surface area contributed by atoms with Crippen LogP contribution in [0.4, 0.5) is 0 Å². The summed E-state index contributed by atoms with van der Waals surface area (Å²) in [6.07, 6.45) is 16.6. The molecule has 0 aromatic carbocycles. The van der Waals surface area contributed by atoms with Crippen molar-refractivity contribution in [2.45, 2.75) is 52.6 Å². The SMILES string of the molecule is C=C/C=C(\C/C=C(\C)CNC(C)=O)C1=CC(CC)(CCNC)O/C(=C/C=C\C)C1=C. The molecule has 1 unspecified atom stereocenters. The van der Waals surface area contributed by atoms with Crippen molar-refractivity contribution in [3.63, 3.8) is 0 Å². The van der Waals surface area contributed by atoms with E-state index in [-0.39, 0.29) is 11.5 Å². The van der Waals surface area contributed by atoms with Gasteiger partial charge in [0, 0.05) is 25.5 Å². The molecule has 1 aliphatic heterocycles. The number of rotatable bonds is 11. The predicted octanol–water partition coefficient (Wildman–Crippen LogP) is 5.30. The predicted molar refractivity (Wildman–Crippen MR) is 128 cm³/mol. The monoisotopic (exact) mass is 410 g/mol. The van der Waals surface area contributed by atoms with E-state index < -0.39 is 0 Å². The van der Waals surface area contributed by atoms with E-state index in [2.05, 4.69) is 42.9 Å². The van der Waals surface area contributed by atoms with Crippen LogP contribution < -0.4 is 10.6 Å². The van der Waals surface area contributed by atoms with Gasteiger partial charge in [-0.15, -0.1) is 0 Å². The van der Waals surface area contributed by atoms with Crippen LogP contribution in [0.5, 0.6) is 0 Å². The van der Waals surface area contributed by atoms with E-state index in [1.54, 1.807) is 0 Å². The van der Waals surface area contributed by atoms with Gasteiger partial charge in [0.05, 0.1) is 0 Å². The Balaban J connectivity index is 3.35. The summed E-state index contributed by atoms with van der Waals surface area (Å²) in [5, 5.41) is 6.08. The average molecular weight is 411 g/mol. The molecule has 4 nitrogen and oxygen atoms in total. The highest BCUT2D eigenvalue weighted by molar-refractivity contribution is 5.73. The first-order valence-electron chi connectivity index (χ1n) is 10.6. The zero-order valence-electron chi connectivity index (χ0n) is 19.3. The minimum atomic E-state index is -0.387. The summed E-state index contributed by atoms with van der Waals surface area (Å²) in [4.78, 5) is 11.2. The second-order valence-electron chi connectivity index (χ2n) is 7.56. The zero-order chi connectivity index (χ0) is 22.6. The van der Waals surface area contributed by atoms with Crippen LogP contribution in [0.25, 0.3) is 0 Å². The third-order valence-electron chi connectivity index (χ3n) is 5.13. The topological polar surface area (TPSA) is 50.4 Å². The molecule has 0 saturated heterocycles. The Hall–Kier alpha value is -2.59. The van der Waals surface area contributed by atoms with Gasteiger partial charge in [-0.1, -0.05) is 56.0 Å². The van der Waals surface area contributed by atoms with Gasteiger partial charge in [-0.25, -0.2) is 0 Å². The second kappa shape index (κ2) is 12.9. The summed E-state index contributed by atoms with van der Waals surface area (Å²) in [5.74, 6) is 0.776. The number of nitrogens with one attached hydrogen (secondary N) is 2. The van der Waals surface area contributed by atoms with Crippen molar-refractivity contribution < 1.29 is 9.53 Å². The number of hydrogen-bond acceptors (Lipinski definition) is 3. The van der Waals surface area contributed by atoms with Crippen molar-refractivity contribution in [2.75, 3.05) is 20.1 Å². The minimum Gasteiger partial charge on any atom is -0.483 e. The van der Waals surface area contributed by atoms with Gasteiger partial charge in [0.1, 0.15) is 11.4 Å². The highest BCUT2D eigenvalue weighted by Gasteiger charge is 2.35. The van der Waals surface area contributed by atoms with E-state index in [1.165, 1.54) is 6.92 Å². The second-order valence-corrected chi connectivity index (χ2v) is 7.56. The van der Waals surface area contributed by atoms with Crippen molar-refractivity contribution in [2.24, 2.45) is 0 Å². The van der Waals surface area contributed by atoms with E-state index >= 15 is 0 Å². The number of ether oxygens (including phenoxy) is 1. The highest BCUT2D eigenvalue weighted by Crippen LogP contribution is 2.40. The van der Waals surface area contributed by atoms with Crippen LogP contribution in [0.3, 0.4) is 0 Å². The molecular weight excluding hydrogens is 372 g/mol. The largest absolute Gasteiger partial charge is 0.483 e. The zero-order valence-corrected chi connectivity index (χ0v) is 19.3. The average Bonchev–Trinajstić information content (AvgIpc) is 2.73. The van der Waals surface area contributed by atoms with Crippen molar-refractivity contribution >= 4 is 5.91 Å². The number of carbonyl (C=O) groups excluding carboxylic acids is 1. The summed E-state index contributed by atoms with van der Waals surface area (Å²) in [7, 11) is 1.96. The Morgan fingerprint density at radius 1 is 1.33 bits per heavy atom. The molecule has 164 valence electrons. The molecule has 1 aliphatic rings. The summed E-state index contributed by atoms with van der Waals surface area (Å²) in [6.45, 7) is 17.3. The van der Waals surface area contributed by atoms with Gasteiger partial charge in [0.2, 0.25) is 5.91 Å². The van der Waals surface area contributed by atoms with Crippen LogP contribution in [0.15, 0.2) is 83.7 Å². The third kappa shape index (κ3) is 7.68. The van der Waals surface area contributed by atoms with Crippen LogP contribution >= 0.6 is 0 Å². The number of allylic oxidation sites excluding steroid dienone is 8. The van der Waals surface area contributed by atoms with Crippen LogP contribution in [-0.4, -0.2) is 31.6 Å². The van der Waals surface area contributed by atoms with E-state index in [9.17, 15) is 4.79 Å². The number of carbonyl (C=O) groups is 1. The maximum Gasteiger partial charge on any atom is 0.217 e. The molecule has 1 heterocycles. The smallest absolute Gasteiger partial charge is 0.217 e. The summed E-state index contributed by atoms with van der Waals surface area (Å²) in [6, 6.07) is 0. The van der Waals surface area contributed by atoms with E-state index in [4.69, 9.17) is 4.74 Å². The fourth-order valence-electron chi connectivity index (χ4n) is 3.24. The fraction of sp³-hybridized carbons (Fsp3) is 0.423. The van der Waals surface area contributed by atoms with E-state index in [0.29, 0.717) is 6.54 Å². The van der Waals surface area contributed by atoms with Gasteiger partial charge >= 0.3 is 0 Å². The molecule has 0 aliphatic carbocycles. The lowest BCUT2D eigenvalue weighted by Gasteiger charge is -2.38. The standard InChI is InChI=1S/C26H38N2O2/c1-8-11-13-25-21(5)24(18-26(10-3,30-25)16-17-27-7)23(12-9-2)15-14-20(4)19-28-22(6)29/h8-9,11-14,18,27H,2,5,10,15-17,19H2,1,3-4,6-7H3,(H,28,29)/b11-8-,20-14+,23-12+,25-13+. The van der Waals surface area contributed by atoms with Gasteiger partial charge in [0.25, 0.3) is 0 Å². The first-order valence-corrected chi connectivity index (χ1v) is 10.6. The summed E-state index contributed by atoms with van der Waals surface area (Å²) in [5.41, 5.74) is 3.83. The van der Waals surface area contributed by atoms with Gasteiger partial charge < -0.3 is 15.4 Å². The van der Waals surface area contributed by atoms with Crippen LogP contribution in [0.2, 0.25) is 0 Å².